The lowest BCUT2D eigenvalue weighted by molar-refractivity contribution is 0.192. The highest BCUT2D eigenvalue weighted by Gasteiger charge is 1.97. The van der Waals surface area contributed by atoms with Crippen LogP contribution in [0.4, 0.5) is 0 Å². The average Bonchev–Trinajstić information content (AvgIpc) is 2.53. The summed E-state index contributed by atoms with van der Waals surface area (Å²) in [4.78, 5) is 4.24. The summed E-state index contributed by atoms with van der Waals surface area (Å²) in [5.41, 5.74) is 1.39. The lowest BCUT2D eigenvalue weighted by Gasteiger charge is -2.11. The van der Waals surface area contributed by atoms with Gasteiger partial charge in [-0.15, -0.1) is 24.0 Å². The third-order valence-corrected chi connectivity index (χ3v) is 3.32. The monoisotopic (exact) mass is 419 g/mol. The second-order valence-corrected chi connectivity index (χ2v) is 5.07. The minimum atomic E-state index is 0. The summed E-state index contributed by atoms with van der Waals surface area (Å²) in [6.07, 6.45) is 5.67. The van der Waals surface area contributed by atoms with E-state index in [1.54, 1.807) is 7.11 Å². The van der Waals surface area contributed by atoms with Crippen molar-refractivity contribution in [1.82, 2.24) is 10.6 Å². The Morgan fingerprint density at radius 1 is 1.00 bits per heavy atom. The second-order valence-electron chi connectivity index (χ2n) is 5.07. The first-order chi connectivity index (χ1) is 10.4. The third-order valence-electron chi connectivity index (χ3n) is 3.32. The van der Waals surface area contributed by atoms with Crippen molar-refractivity contribution in [2.24, 2.45) is 4.99 Å². The summed E-state index contributed by atoms with van der Waals surface area (Å²) >= 11 is 0. The number of hydrogen-bond donors (Lipinski definition) is 2. The predicted molar refractivity (Wildman–Crippen MR) is 105 cm³/mol. The Morgan fingerprint density at radius 2 is 1.68 bits per heavy atom. The number of aryl methyl sites for hydroxylation is 1. The molecule has 5 heteroatoms. The largest absolute Gasteiger partial charge is 0.385 e. The van der Waals surface area contributed by atoms with Crippen molar-refractivity contribution in [2.45, 2.75) is 32.1 Å². The first kappa shape index (κ1) is 21.2. The maximum atomic E-state index is 5.04. The zero-order valence-electron chi connectivity index (χ0n) is 13.8. The van der Waals surface area contributed by atoms with Crippen LogP contribution in [0.1, 0.15) is 31.2 Å². The molecule has 0 saturated carbocycles. The van der Waals surface area contributed by atoms with Gasteiger partial charge in [-0.2, -0.15) is 0 Å². The van der Waals surface area contributed by atoms with E-state index in [1.165, 1.54) is 12.0 Å². The summed E-state index contributed by atoms with van der Waals surface area (Å²) in [5.74, 6) is 0.898. The molecule has 0 saturated heterocycles. The number of nitrogens with one attached hydrogen (secondary N) is 2. The number of aliphatic imine (C=N–C) groups is 1. The van der Waals surface area contributed by atoms with Gasteiger partial charge in [-0.25, -0.2) is 0 Å². The van der Waals surface area contributed by atoms with Gasteiger partial charge in [-0.1, -0.05) is 30.3 Å². The Balaban J connectivity index is 0.00000441. The van der Waals surface area contributed by atoms with E-state index in [2.05, 4.69) is 46.0 Å². The van der Waals surface area contributed by atoms with Gasteiger partial charge in [0.25, 0.3) is 0 Å². The molecule has 0 aromatic heterocycles. The summed E-state index contributed by atoms with van der Waals surface area (Å²) in [5, 5.41) is 6.70. The highest BCUT2D eigenvalue weighted by Crippen LogP contribution is 2.01. The van der Waals surface area contributed by atoms with E-state index in [0.29, 0.717) is 0 Å². The van der Waals surface area contributed by atoms with Crippen molar-refractivity contribution in [2.75, 3.05) is 33.9 Å². The van der Waals surface area contributed by atoms with E-state index < -0.39 is 0 Å². The quantitative estimate of drug-likeness (QED) is 0.265. The molecule has 1 aromatic rings. The smallest absolute Gasteiger partial charge is 0.190 e. The second kappa shape index (κ2) is 15.1. The van der Waals surface area contributed by atoms with Gasteiger partial charge in [-0.05, 0) is 37.7 Å². The molecule has 0 radical (unpaired) electrons. The van der Waals surface area contributed by atoms with Crippen LogP contribution >= 0.6 is 24.0 Å². The van der Waals surface area contributed by atoms with Crippen LogP contribution in [0.2, 0.25) is 0 Å². The van der Waals surface area contributed by atoms with Crippen molar-refractivity contribution in [1.29, 1.82) is 0 Å². The van der Waals surface area contributed by atoms with Crippen LogP contribution in [0.15, 0.2) is 35.3 Å². The van der Waals surface area contributed by atoms with Gasteiger partial charge in [0.15, 0.2) is 5.96 Å². The standard InChI is InChI=1S/C17H29N3O.HI/c1-18-17(19-13-7-4-8-15-21-2)20-14-9-12-16-10-5-3-6-11-16;/h3,5-6,10-11H,4,7-9,12-15H2,1-2H3,(H2,18,19,20);1H. The fraction of sp³-hybridized carbons (Fsp3) is 0.588. The molecule has 0 atom stereocenters. The molecule has 0 amide bonds. The summed E-state index contributed by atoms with van der Waals surface area (Å²) in [6, 6.07) is 10.6. The van der Waals surface area contributed by atoms with E-state index >= 15 is 0 Å². The fourth-order valence-electron chi connectivity index (χ4n) is 2.12. The van der Waals surface area contributed by atoms with Crippen molar-refractivity contribution in [3.8, 4) is 0 Å². The topological polar surface area (TPSA) is 45.7 Å². The Kier molecular flexibility index (Phi) is 14.5. The number of unbranched alkanes of at least 4 members (excludes halogenated alkanes) is 2. The fourth-order valence-corrected chi connectivity index (χ4v) is 2.12. The Labute approximate surface area is 152 Å². The van der Waals surface area contributed by atoms with Crippen LogP contribution in [-0.4, -0.2) is 39.8 Å². The maximum absolute atomic E-state index is 5.04. The van der Waals surface area contributed by atoms with Crippen LogP contribution in [0.3, 0.4) is 0 Å². The van der Waals surface area contributed by atoms with Crippen LogP contribution in [0, 0.1) is 0 Å². The molecule has 0 fully saturated rings. The Morgan fingerprint density at radius 3 is 2.32 bits per heavy atom. The molecule has 1 aromatic carbocycles. The number of nitrogens with zero attached hydrogens (tertiary/aromatic N) is 1. The first-order valence-electron chi connectivity index (χ1n) is 7.84. The van der Waals surface area contributed by atoms with Gasteiger partial charge in [0.05, 0.1) is 0 Å². The number of methoxy groups -OCH3 is 1. The number of halogens is 1. The molecule has 4 nitrogen and oxygen atoms in total. The van der Waals surface area contributed by atoms with Crippen LogP contribution < -0.4 is 10.6 Å². The summed E-state index contributed by atoms with van der Waals surface area (Å²) < 4.78 is 5.04. The molecule has 1 rings (SSSR count). The van der Waals surface area contributed by atoms with E-state index in [9.17, 15) is 0 Å². The van der Waals surface area contributed by atoms with Crippen LogP contribution in [0.5, 0.6) is 0 Å². The molecule has 0 unspecified atom stereocenters. The molecule has 22 heavy (non-hydrogen) atoms. The first-order valence-corrected chi connectivity index (χ1v) is 7.84. The molecule has 0 heterocycles. The number of ether oxygens (including phenoxy) is 1. The summed E-state index contributed by atoms with van der Waals surface area (Å²) in [7, 11) is 3.57. The average molecular weight is 419 g/mol. The number of rotatable bonds is 10. The number of guanidine groups is 1. The van der Waals surface area contributed by atoms with Gasteiger partial charge in [0.1, 0.15) is 0 Å². The molecular formula is C17H30IN3O. The minimum Gasteiger partial charge on any atom is -0.385 e. The van der Waals surface area contributed by atoms with Crippen molar-refractivity contribution >= 4 is 29.9 Å². The predicted octanol–water partition coefficient (Wildman–Crippen LogP) is 3.22. The van der Waals surface area contributed by atoms with Crippen molar-refractivity contribution < 1.29 is 4.74 Å². The lowest BCUT2D eigenvalue weighted by atomic mass is 10.1. The van der Waals surface area contributed by atoms with Gasteiger partial charge >= 0.3 is 0 Å². The molecule has 0 spiro atoms. The minimum absolute atomic E-state index is 0. The third kappa shape index (κ3) is 10.8. The Bertz CT molecular complexity index is 385. The van der Waals surface area contributed by atoms with Crippen molar-refractivity contribution in [3.63, 3.8) is 0 Å². The highest BCUT2D eigenvalue weighted by atomic mass is 127. The molecule has 0 aliphatic heterocycles. The molecular weight excluding hydrogens is 389 g/mol. The van der Waals surface area contributed by atoms with Crippen molar-refractivity contribution in [3.05, 3.63) is 35.9 Å². The van der Waals surface area contributed by atoms with E-state index in [4.69, 9.17) is 4.74 Å². The molecule has 0 aliphatic rings. The molecule has 0 aliphatic carbocycles. The van der Waals surface area contributed by atoms with E-state index in [0.717, 1.165) is 51.3 Å². The SMILES string of the molecule is CN=C(NCCCCCOC)NCCCc1ccccc1.I. The van der Waals surface area contributed by atoms with Gasteiger partial charge in [0.2, 0.25) is 0 Å². The van der Waals surface area contributed by atoms with Gasteiger partial charge in [-0.3, -0.25) is 4.99 Å². The van der Waals surface area contributed by atoms with Gasteiger partial charge in [0, 0.05) is 33.9 Å². The van der Waals surface area contributed by atoms with Crippen LogP contribution in [-0.2, 0) is 11.2 Å². The summed E-state index contributed by atoms with van der Waals surface area (Å²) in [6.45, 7) is 2.76. The zero-order valence-corrected chi connectivity index (χ0v) is 16.1. The normalized spacial score (nSPS) is 10.9. The maximum Gasteiger partial charge on any atom is 0.190 e. The van der Waals surface area contributed by atoms with E-state index in [-0.39, 0.29) is 24.0 Å². The Hall–Kier alpha value is -0.820. The molecule has 126 valence electrons. The lowest BCUT2D eigenvalue weighted by Crippen LogP contribution is -2.38. The molecule has 2 N–H and O–H groups in total. The van der Waals surface area contributed by atoms with Gasteiger partial charge < -0.3 is 15.4 Å². The number of benzene rings is 1. The number of hydrogen-bond acceptors (Lipinski definition) is 2. The van der Waals surface area contributed by atoms with E-state index in [1.807, 2.05) is 7.05 Å². The highest BCUT2D eigenvalue weighted by molar-refractivity contribution is 14.0. The molecule has 0 bridgehead atoms. The zero-order chi connectivity index (χ0) is 15.2. The van der Waals surface area contributed by atoms with Crippen LogP contribution in [0.25, 0.3) is 0 Å².